The summed E-state index contributed by atoms with van der Waals surface area (Å²) in [6.45, 7) is 2.95. The Labute approximate surface area is 159 Å². The van der Waals surface area contributed by atoms with E-state index in [0.29, 0.717) is 30.3 Å². The second-order valence-corrected chi connectivity index (χ2v) is 6.72. The average Bonchev–Trinajstić information content (AvgIpc) is 3.02. The van der Waals surface area contributed by atoms with E-state index in [1.807, 2.05) is 25.1 Å². The zero-order valence-corrected chi connectivity index (χ0v) is 15.8. The second kappa shape index (κ2) is 8.12. The summed E-state index contributed by atoms with van der Waals surface area (Å²) in [6.07, 6.45) is 0.212. The van der Waals surface area contributed by atoms with Crippen LogP contribution in [0.4, 0.5) is 5.69 Å². The number of rotatable bonds is 6. The summed E-state index contributed by atoms with van der Waals surface area (Å²) in [7, 11) is 3.10. The Kier molecular flexibility index (Phi) is 5.64. The van der Waals surface area contributed by atoms with Gasteiger partial charge in [0.15, 0.2) is 0 Å². The van der Waals surface area contributed by atoms with Crippen molar-refractivity contribution in [2.75, 3.05) is 26.1 Å². The van der Waals surface area contributed by atoms with E-state index in [1.165, 1.54) is 0 Å². The largest absolute Gasteiger partial charge is 0.497 e. The molecule has 0 radical (unpaired) electrons. The topological polar surface area (TPSA) is 67.9 Å². The summed E-state index contributed by atoms with van der Waals surface area (Å²) in [4.78, 5) is 26.8. The molecule has 0 bridgehead atoms. The Bertz CT molecular complexity index is 850. The molecule has 6 heteroatoms. The van der Waals surface area contributed by atoms with Gasteiger partial charge in [-0.05, 0) is 24.6 Å². The number of likely N-dealkylation sites (tertiary alicyclic amines) is 1. The molecule has 2 amide bonds. The highest BCUT2D eigenvalue weighted by atomic mass is 16.5. The zero-order valence-electron chi connectivity index (χ0n) is 15.8. The number of nitrogens with one attached hydrogen (secondary N) is 1. The molecule has 1 aliphatic heterocycles. The molecule has 6 nitrogen and oxygen atoms in total. The zero-order chi connectivity index (χ0) is 19.4. The monoisotopic (exact) mass is 368 g/mol. The second-order valence-electron chi connectivity index (χ2n) is 6.72. The van der Waals surface area contributed by atoms with E-state index in [4.69, 9.17) is 9.47 Å². The summed E-state index contributed by atoms with van der Waals surface area (Å²) in [5, 5.41) is 2.87. The number of anilines is 1. The molecule has 27 heavy (non-hydrogen) atoms. The minimum absolute atomic E-state index is 0.00531. The molecule has 142 valence electrons. The number of methoxy groups -OCH3 is 2. The molecular formula is C21H24N2O4. The van der Waals surface area contributed by atoms with Crippen molar-refractivity contribution in [3.05, 3.63) is 53.6 Å². The van der Waals surface area contributed by atoms with Gasteiger partial charge in [0.1, 0.15) is 11.5 Å². The molecular weight excluding hydrogens is 344 g/mol. The maximum absolute atomic E-state index is 12.7. The van der Waals surface area contributed by atoms with Crippen LogP contribution >= 0.6 is 0 Å². The first-order valence-corrected chi connectivity index (χ1v) is 8.86. The third kappa shape index (κ3) is 4.39. The van der Waals surface area contributed by atoms with Gasteiger partial charge in [0.05, 0.1) is 25.8 Å². The molecule has 3 rings (SSSR count). The number of nitrogens with zero attached hydrogens (tertiary/aromatic N) is 1. The number of hydrogen-bond donors (Lipinski definition) is 1. The lowest BCUT2D eigenvalue weighted by Gasteiger charge is -2.17. The SMILES string of the molecule is COc1ccc(OC)c(NC(=O)C2CC(=O)N(Cc3cccc(C)c3)C2)c1. The first kappa shape index (κ1) is 18.8. The third-order valence-electron chi connectivity index (χ3n) is 4.71. The number of carbonyl (C=O) groups excluding carboxylic acids is 2. The molecule has 0 spiro atoms. The van der Waals surface area contributed by atoms with E-state index < -0.39 is 5.92 Å². The van der Waals surface area contributed by atoms with Crippen molar-refractivity contribution in [1.82, 2.24) is 4.90 Å². The predicted molar refractivity (Wildman–Crippen MR) is 103 cm³/mol. The Morgan fingerprint density at radius 1 is 1.19 bits per heavy atom. The molecule has 1 N–H and O–H groups in total. The maximum Gasteiger partial charge on any atom is 0.229 e. The van der Waals surface area contributed by atoms with Gasteiger partial charge in [-0.15, -0.1) is 0 Å². The average molecular weight is 368 g/mol. The van der Waals surface area contributed by atoms with Gasteiger partial charge in [-0.25, -0.2) is 0 Å². The number of carbonyl (C=O) groups is 2. The van der Waals surface area contributed by atoms with E-state index >= 15 is 0 Å². The van der Waals surface area contributed by atoms with Crippen molar-refractivity contribution in [3.8, 4) is 11.5 Å². The van der Waals surface area contributed by atoms with Gasteiger partial charge in [0.2, 0.25) is 11.8 Å². The van der Waals surface area contributed by atoms with Gasteiger partial charge in [0.25, 0.3) is 0 Å². The molecule has 1 fully saturated rings. The third-order valence-corrected chi connectivity index (χ3v) is 4.71. The van der Waals surface area contributed by atoms with Crippen LogP contribution in [0.1, 0.15) is 17.5 Å². The van der Waals surface area contributed by atoms with Gasteiger partial charge in [-0.2, -0.15) is 0 Å². The van der Waals surface area contributed by atoms with Gasteiger partial charge in [0, 0.05) is 25.6 Å². The minimum atomic E-state index is -0.391. The molecule has 2 aromatic carbocycles. The van der Waals surface area contributed by atoms with Crippen molar-refractivity contribution >= 4 is 17.5 Å². The van der Waals surface area contributed by atoms with E-state index in [-0.39, 0.29) is 18.2 Å². The Morgan fingerprint density at radius 2 is 2.00 bits per heavy atom. The van der Waals surface area contributed by atoms with Crippen molar-refractivity contribution in [3.63, 3.8) is 0 Å². The van der Waals surface area contributed by atoms with Crippen LogP contribution in [-0.2, 0) is 16.1 Å². The molecule has 1 unspecified atom stereocenters. The van der Waals surface area contributed by atoms with Crippen LogP contribution in [0, 0.1) is 12.8 Å². The van der Waals surface area contributed by atoms with Crippen LogP contribution < -0.4 is 14.8 Å². The smallest absolute Gasteiger partial charge is 0.229 e. The van der Waals surface area contributed by atoms with Crippen LogP contribution in [0.15, 0.2) is 42.5 Å². The van der Waals surface area contributed by atoms with Crippen LogP contribution in [0.3, 0.4) is 0 Å². The summed E-state index contributed by atoms with van der Waals surface area (Å²) in [5.41, 5.74) is 2.75. The van der Waals surface area contributed by atoms with E-state index in [0.717, 1.165) is 11.1 Å². The highest BCUT2D eigenvalue weighted by Crippen LogP contribution is 2.30. The Morgan fingerprint density at radius 3 is 2.70 bits per heavy atom. The van der Waals surface area contributed by atoms with Crippen molar-refractivity contribution in [2.24, 2.45) is 5.92 Å². The normalized spacial score (nSPS) is 16.3. The number of benzene rings is 2. The van der Waals surface area contributed by atoms with Gasteiger partial charge in [-0.3, -0.25) is 9.59 Å². The standard InChI is InChI=1S/C21H24N2O4/c1-14-5-4-6-15(9-14)12-23-13-16(10-20(23)24)21(25)22-18-11-17(26-2)7-8-19(18)27-3/h4-9,11,16H,10,12-13H2,1-3H3,(H,22,25). The molecule has 1 heterocycles. The summed E-state index contributed by atoms with van der Waals surface area (Å²) < 4.78 is 10.5. The predicted octanol–water partition coefficient (Wildman–Crippen LogP) is 3.00. The Balaban J connectivity index is 1.67. The molecule has 0 aromatic heterocycles. The molecule has 0 aliphatic carbocycles. The summed E-state index contributed by atoms with van der Waals surface area (Å²) >= 11 is 0. The highest BCUT2D eigenvalue weighted by Gasteiger charge is 2.34. The van der Waals surface area contributed by atoms with Crippen molar-refractivity contribution in [2.45, 2.75) is 19.9 Å². The Hall–Kier alpha value is -3.02. The number of hydrogen-bond acceptors (Lipinski definition) is 4. The lowest BCUT2D eigenvalue weighted by molar-refractivity contribution is -0.128. The maximum atomic E-state index is 12.7. The fraction of sp³-hybridized carbons (Fsp3) is 0.333. The quantitative estimate of drug-likeness (QED) is 0.851. The molecule has 0 saturated carbocycles. The fourth-order valence-electron chi connectivity index (χ4n) is 3.28. The first-order valence-electron chi connectivity index (χ1n) is 8.86. The first-order chi connectivity index (χ1) is 13.0. The number of ether oxygens (including phenoxy) is 2. The fourth-order valence-corrected chi connectivity index (χ4v) is 3.28. The molecule has 1 atom stereocenters. The van der Waals surface area contributed by atoms with Crippen LogP contribution in [-0.4, -0.2) is 37.5 Å². The number of aryl methyl sites for hydroxylation is 1. The van der Waals surface area contributed by atoms with Crippen LogP contribution in [0.25, 0.3) is 0 Å². The van der Waals surface area contributed by atoms with E-state index in [1.54, 1.807) is 37.3 Å². The lowest BCUT2D eigenvalue weighted by atomic mass is 10.1. The van der Waals surface area contributed by atoms with Crippen LogP contribution in [0.2, 0.25) is 0 Å². The minimum Gasteiger partial charge on any atom is -0.497 e. The van der Waals surface area contributed by atoms with Crippen LogP contribution in [0.5, 0.6) is 11.5 Å². The molecule has 1 aliphatic rings. The van der Waals surface area contributed by atoms with Gasteiger partial charge < -0.3 is 19.7 Å². The summed E-state index contributed by atoms with van der Waals surface area (Å²) in [6, 6.07) is 13.3. The number of amides is 2. The summed E-state index contributed by atoms with van der Waals surface area (Å²) in [5.74, 6) is 0.578. The van der Waals surface area contributed by atoms with Crippen molar-refractivity contribution < 1.29 is 19.1 Å². The van der Waals surface area contributed by atoms with Crippen molar-refractivity contribution in [1.29, 1.82) is 0 Å². The van der Waals surface area contributed by atoms with E-state index in [9.17, 15) is 9.59 Å². The molecule has 1 saturated heterocycles. The lowest BCUT2D eigenvalue weighted by Crippen LogP contribution is -2.28. The van der Waals surface area contributed by atoms with E-state index in [2.05, 4.69) is 11.4 Å². The highest BCUT2D eigenvalue weighted by molar-refractivity contribution is 5.98. The van der Waals surface area contributed by atoms with Gasteiger partial charge >= 0.3 is 0 Å². The molecule has 2 aromatic rings. The van der Waals surface area contributed by atoms with Gasteiger partial charge in [-0.1, -0.05) is 29.8 Å².